The molecule has 1 fully saturated rings. The molecule has 1 amide bonds. The first-order valence-corrected chi connectivity index (χ1v) is 11.8. The quantitative estimate of drug-likeness (QED) is 0.683. The third kappa shape index (κ3) is 5.95. The summed E-state index contributed by atoms with van der Waals surface area (Å²) in [5, 5.41) is 0. The Labute approximate surface area is 179 Å². The number of rotatable bonds is 4. The van der Waals surface area contributed by atoms with Gasteiger partial charge in [0.15, 0.2) is 9.84 Å². The van der Waals surface area contributed by atoms with Gasteiger partial charge in [-0.15, -0.1) is 0 Å². The molecule has 0 aromatic heterocycles. The number of hydrogen-bond acceptors (Lipinski definition) is 4. The summed E-state index contributed by atoms with van der Waals surface area (Å²) in [5.74, 6) is -0.0273. The molecule has 0 aliphatic carbocycles. The van der Waals surface area contributed by atoms with E-state index in [1.807, 2.05) is 69.3 Å². The lowest BCUT2D eigenvalue weighted by Gasteiger charge is -2.31. The van der Waals surface area contributed by atoms with Crippen molar-refractivity contribution in [3.05, 3.63) is 71.3 Å². The monoisotopic (exact) mass is 427 g/mol. The minimum Gasteiger partial charge on any atom is -0.444 e. The van der Waals surface area contributed by atoms with Crippen LogP contribution in [0, 0.1) is 0 Å². The number of ether oxygens (including phenoxy) is 1. The average molecular weight is 428 g/mol. The summed E-state index contributed by atoms with van der Waals surface area (Å²) >= 11 is 0. The van der Waals surface area contributed by atoms with E-state index >= 15 is 0 Å². The van der Waals surface area contributed by atoms with Crippen molar-refractivity contribution in [2.75, 3.05) is 13.1 Å². The van der Waals surface area contributed by atoms with Gasteiger partial charge in [0.05, 0.1) is 10.6 Å². The number of likely N-dealkylation sites (tertiary alicyclic amines) is 1. The molecule has 1 aliphatic heterocycles. The topological polar surface area (TPSA) is 63.7 Å². The third-order valence-electron chi connectivity index (χ3n) is 4.87. The molecule has 0 bridgehead atoms. The smallest absolute Gasteiger partial charge is 0.410 e. The molecular weight excluding hydrogens is 398 g/mol. The fraction of sp³-hybridized carbons (Fsp3) is 0.375. The van der Waals surface area contributed by atoms with Crippen molar-refractivity contribution in [1.82, 2.24) is 4.90 Å². The van der Waals surface area contributed by atoms with Crippen LogP contribution in [0.5, 0.6) is 0 Å². The van der Waals surface area contributed by atoms with Gasteiger partial charge in [0.2, 0.25) is 0 Å². The van der Waals surface area contributed by atoms with Gasteiger partial charge in [0.1, 0.15) is 5.60 Å². The first-order valence-electron chi connectivity index (χ1n) is 10.2. The number of amides is 1. The largest absolute Gasteiger partial charge is 0.444 e. The van der Waals surface area contributed by atoms with E-state index in [2.05, 4.69) is 0 Å². The Balaban J connectivity index is 1.74. The van der Waals surface area contributed by atoms with Gasteiger partial charge in [0, 0.05) is 13.1 Å². The molecule has 5 nitrogen and oxygen atoms in total. The van der Waals surface area contributed by atoms with Crippen LogP contribution in [0.15, 0.2) is 65.1 Å². The highest BCUT2D eigenvalue weighted by Gasteiger charge is 2.25. The molecule has 6 heteroatoms. The highest BCUT2D eigenvalue weighted by atomic mass is 32.2. The van der Waals surface area contributed by atoms with Crippen LogP contribution in [-0.4, -0.2) is 38.1 Å². The minimum atomic E-state index is -3.47. The highest BCUT2D eigenvalue weighted by Crippen LogP contribution is 2.26. The van der Waals surface area contributed by atoms with Crippen LogP contribution in [0.3, 0.4) is 0 Å². The van der Waals surface area contributed by atoms with Crippen LogP contribution < -0.4 is 0 Å². The number of nitrogens with zero attached hydrogens (tertiary/aromatic N) is 1. The number of benzene rings is 2. The summed E-state index contributed by atoms with van der Waals surface area (Å²) in [7, 11) is -3.47. The lowest BCUT2D eigenvalue weighted by molar-refractivity contribution is 0.0237. The van der Waals surface area contributed by atoms with Crippen LogP contribution in [0.4, 0.5) is 4.79 Å². The molecule has 160 valence electrons. The van der Waals surface area contributed by atoms with Crippen molar-refractivity contribution in [3.63, 3.8) is 0 Å². The Bertz CT molecular complexity index is 1010. The molecule has 0 N–H and O–H groups in total. The standard InChI is InChI=1S/C24H29NO4S/c1-24(2,3)29-23(26)25-15-13-19(14-16-25)17-21-11-7-8-12-22(21)30(27,28)18-20-9-5-4-6-10-20/h4-12,17H,13-16,18H2,1-3H3. The normalized spacial score (nSPS) is 15.0. The molecule has 1 heterocycles. The summed E-state index contributed by atoms with van der Waals surface area (Å²) in [6.45, 7) is 6.70. The molecule has 1 saturated heterocycles. The van der Waals surface area contributed by atoms with Gasteiger partial charge in [-0.05, 0) is 50.8 Å². The van der Waals surface area contributed by atoms with Gasteiger partial charge in [-0.1, -0.05) is 60.2 Å². The van der Waals surface area contributed by atoms with Gasteiger partial charge in [-0.2, -0.15) is 0 Å². The van der Waals surface area contributed by atoms with Gasteiger partial charge in [0.25, 0.3) is 0 Å². The second kappa shape index (κ2) is 9.04. The van der Waals surface area contributed by atoms with Crippen LogP contribution >= 0.6 is 0 Å². The zero-order valence-electron chi connectivity index (χ0n) is 17.8. The van der Waals surface area contributed by atoms with E-state index in [4.69, 9.17) is 4.74 Å². The predicted octanol–water partition coefficient (Wildman–Crippen LogP) is 5.07. The summed E-state index contributed by atoms with van der Waals surface area (Å²) in [4.78, 5) is 14.3. The van der Waals surface area contributed by atoms with Crippen molar-refractivity contribution in [3.8, 4) is 0 Å². The summed E-state index contributed by atoms with van der Waals surface area (Å²) in [5.41, 5.74) is 2.09. The number of piperidine rings is 1. The maximum Gasteiger partial charge on any atom is 0.410 e. The van der Waals surface area contributed by atoms with Crippen molar-refractivity contribution < 1.29 is 17.9 Å². The molecular formula is C24H29NO4S. The van der Waals surface area contributed by atoms with Crippen molar-refractivity contribution >= 4 is 22.0 Å². The molecule has 0 atom stereocenters. The molecule has 1 aliphatic rings. The summed E-state index contributed by atoms with van der Waals surface area (Å²) in [6, 6.07) is 16.3. The molecule has 2 aromatic carbocycles. The third-order valence-corrected chi connectivity index (χ3v) is 6.63. The molecule has 30 heavy (non-hydrogen) atoms. The van der Waals surface area contributed by atoms with Gasteiger partial charge in [-0.25, -0.2) is 13.2 Å². The van der Waals surface area contributed by atoms with Gasteiger partial charge < -0.3 is 9.64 Å². The molecule has 0 unspecified atom stereocenters. The molecule has 0 radical (unpaired) electrons. The van der Waals surface area contributed by atoms with Crippen LogP contribution in [0.25, 0.3) is 6.08 Å². The molecule has 0 spiro atoms. The molecule has 0 saturated carbocycles. The Morgan fingerprint density at radius 2 is 1.60 bits per heavy atom. The molecule has 3 rings (SSSR count). The Morgan fingerprint density at radius 3 is 2.23 bits per heavy atom. The first kappa shape index (κ1) is 22.1. The van der Waals surface area contributed by atoms with Crippen LogP contribution in [0.1, 0.15) is 44.7 Å². The minimum absolute atomic E-state index is 0.0273. The zero-order valence-corrected chi connectivity index (χ0v) is 18.6. The molecule has 2 aromatic rings. The lowest BCUT2D eigenvalue weighted by atomic mass is 10.0. The highest BCUT2D eigenvalue weighted by molar-refractivity contribution is 7.90. The van der Waals surface area contributed by atoms with Crippen molar-refractivity contribution in [2.45, 2.75) is 49.9 Å². The number of hydrogen-bond donors (Lipinski definition) is 0. The van der Waals surface area contributed by atoms with E-state index in [0.717, 1.165) is 11.1 Å². The second-order valence-corrected chi connectivity index (χ2v) is 10.5. The van der Waals surface area contributed by atoms with Crippen molar-refractivity contribution in [2.24, 2.45) is 0 Å². The van der Waals surface area contributed by atoms with E-state index in [1.54, 1.807) is 17.0 Å². The van der Waals surface area contributed by atoms with Crippen LogP contribution in [0.2, 0.25) is 0 Å². The lowest BCUT2D eigenvalue weighted by Crippen LogP contribution is -2.40. The van der Waals surface area contributed by atoms with E-state index in [1.165, 1.54) is 0 Å². The first-order chi connectivity index (χ1) is 14.1. The fourth-order valence-corrected chi connectivity index (χ4v) is 4.98. The van der Waals surface area contributed by atoms with Gasteiger partial charge >= 0.3 is 6.09 Å². The fourth-order valence-electron chi connectivity index (χ4n) is 3.42. The van der Waals surface area contributed by atoms with E-state index in [9.17, 15) is 13.2 Å². The Hall–Kier alpha value is -2.60. The van der Waals surface area contributed by atoms with E-state index < -0.39 is 15.4 Å². The van der Waals surface area contributed by atoms with E-state index in [0.29, 0.717) is 36.4 Å². The van der Waals surface area contributed by atoms with Crippen molar-refractivity contribution in [1.29, 1.82) is 0 Å². The SMILES string of the molecule is CC(C)(C)OC(=O)N1CCC(=Cc2ccccc2S(=O)(=O)Cc2ccccc2)CC1. The van der Waals surface area contributed by atoms with Gasteiger partial charge in [-0.3, -0.25) is 0 Å². The number of carbonyl (C=O) groups excluding carboxylic acids is 1. The predicted molar refractivity (Wildman–Crippen MR) is 119 cm³/mol. The number of sulfone groups is 1. The Morgan fingerprint density at radius 1 is 1.00 bits per heavy atom. The zero-order chi connectivity index (χ0) is 21.8. The second-order valence-electron chi connectivity index (χ2n) is 8.55. The van der Waals surface area contributed by atoms with E-state index in [-0.39, 0.29) is 11.8 Å². The maximum absolute atomic E-state index is 13.0. The Kier molecular flexibility index (Phi) is 6.66. The maximum atomic E-state index is 13.0. The van der Waals surface area contributed by atoms with Crippen LogP contribution in [-0.2, 0) is 20.3 Å². The average Bonchev–Trinajstić information content (AvgIpc) is 2.68. The summed E-state index contributed by atoms with van der Waals surface area (Å²) in [6.07, 6.45) is 3.07. The number of carbonyl (C=O) groups is 1. The summed E-state index contributed by atoms with van der Waals surface area (Å²) < 4.78 is 31.5.